The van der Waals surface area contributed by atoms with Gasteiger partial charge < -0.3 is 4.84 Å². The molecule has 2 aliphatic rings. The summed E-state index contributed by atoms with van der Waals surface area (Å²) in [4.78, 5) is 32.0. The number of nitrogens with zero attached hydrogens (tertiary/aromatic N) is 2. The van der Waals surface area contributed by atoms with Crippen LogP contribution < -0.4 is 4.90 Å². The molecule has 2 aromatic rings. The molecule has 5 nitrogen and oxygen atoms in total. The van der Waals surface area contributed by atoms with Crippen LogP contribution in [0.5, 0.6) is 0 Å². The normalized spacial score (nSPS) is 22.5. The highest BCUT2D eigenvalue weighted by molar-refractivity contribution is 6.33. The van der Waals surface area contributed by atoms with Gasteiger partial charge in [-0.2, -0.15) is 0 Å². The molecule has 0 N–H and O–H groups in total. The fourth-order valence-corrected chi connectivity index (χ4v) is 3.31. The molecule has 0 saturated carbocycles. The fraction of sp³-hybridized carbons (Fsp3) is 0.167. The Labute approximate surface area is 147 Å². The van der Waals surface area contributed by atoms with Crippen LogP contribution in [0, 0.1) is 11.2 Å². The zero-order chi connectivity index (χ0) is 17.6. The largest absolute Gasteiger partial charge is 0.394 e. The molecule has 0 aliphatic carbocycles. The van der Waals surface area contributed by atoms with Gasteiger partial charge in [0.25, 0.3) is 0 Å². The minimum atomic E-state index is -1.19. The number of hydrogen-bond donors (Lipinski definition) is 0. The van der Waals surface area contributed by atoms with Gasteiger partial charge in [-0.1, -0.05) is 28.9 Å². The van der Waals surface area contributed by atoms with E-state index in [1.54, 1.807) is 24.3 Å². The van der Waals surface area contributed by atoms with Gasteiger partial charge in [0, 0.05) is 10.6 Å². The average molecular weight is 359 g/mol. The molecule has 25 heavy (non-hydrogen) atoms. The molecule has 0 unspecified atom stereocenters. The van der Waals surface area contributed by atoms with Crippen molar-refractivity contribution in [1.82, 2.24) is 0 Å². The summed E-state index contributed by atoms with van der Waals surface area (Å²) in [7, 11) is 0. The maximum Gasteiger partial charge on any atom is 0.250 e. The predicted octanol–water partition coefficient (Wildman–Crippen LogP) is 3.16. The first-order valence-electron chi connectivity index (χ1n) is 7.61. The van der Waals surface area contributed by atoms with Crippen LogP contribution in [0.25, 0.3) is 0 Å². The van der Waals surface area contributed by atoms with E-state index in [0.29, 0.717) is 22.0 Å². The van der Waals surface area contributed by atoms with Crippen molar-refractivity contribution in [3.05, 3.63) is 64.9 Å². The number of carbonyl (C=O) groups excluding carboxylic acids is 2. The Hall–Kier alpha value is -2.73. The highest BCUT2D eigenvalue weighted by atomic mass is 35.5. The first-order chi connectivity index (χ1) is 12.0. The minimum Gasteiger partial charge on any atom is -0.394 e. The SMILES string of the molecule is O=C1C[C@]2(CON=C2c2ccc(F)cc2)C(=O)N1c1ccc(Cl)cc1. The van der Waals surface area contributed by atoms with Crippen molar-refractivity contribution < 1.29 is 18.8 Å². The summed E-state index contributed by atoms with van der Waals surface area (Å²) in [6, 6.07) is 12.1. The minimum absolute atomic E-state index is 0.0195. The van der Waals surface area contributed by atoms with Crippen LogP contribution in [-0.2, 0) is 14.4 Å². The van der Waals surface area contributed by atoms with Gasteiger partial charge >= 0.3 is 0 Å². The second kappa shape index (κ2) is 5.67. The topological polar surface area (TPSA) is 59.0 Å². The van der Waals surface area contributed by atoms with Crippen LogP contribution in [0.1, 0.15) is 12.0 Å². The molecule has 2 amide bonds. The van der Waals surface area contributed by atoms with E-state index >= 15 is 0 Å². The molecule has 1 atom stereocenters. The average Bonchev–Trinajstić information content (AvgIpc) is 3.12. The Morgan fingerprint density at radius 2 is 1.76 bits per heavy atom. The lowest BCUT2D eigenvalue weighted by atomic mass is 9.79. The number of amides is 2. The Morgan fingerprint density at radius 3 is 2.44 bits per heavy atom. The van der Waals surface area contributed by atoms with Crippen LogP contribution in [0.2, 0.25) is 5.02 Å². The second-order valence-corrected chi connectivity index (χ2v) is 6.43. The third-order valence-corrected chi connectivity index (χ3v) is 4.69. The summed E-state index contributed by atoms with van der Waals surface area (Å²) < 4.78 is 13.2. The van der Waals surface area contributed by atoms with E-state index in [2.05, 4.69) is 5.16 Å². The monoisotopic (exact) mass is 358 g/mol. The van der Waals surface area contributed by atoms with E-state index < -0.39 is 17.1 Å². The summed E-state index contributed by atoms with van der Waals surface area (Å²) in [6.45, 7) is -0.0195. The maximum absolute atomic E-state index is 13.2. The molecular formula is C18H12ClFN2O3. The Bertz CT molecular complexity index is 896. The molecule has 2 aliphatic heterocycles. The van der Waals surface area contributed by atoms with Crippen LogP contribution in [0.15, 0.2) is 53.7 Å². The molecule has 4 rings (SSSR count). The van der Waals surface area contributed by atoms with E-state index in [1.165, 1.54) is 24.3 Å². The number of benzene rings is 2. The summed E-state index contributed by atoms with van der Waals surface area (Å²) in [5.41, 5.74) is 0.163. The van der Waals surface area contributed by atoms with Crippen molar-refractivity contribution in [2.24, 2.45) is 10.6 Å². The lowest BCUT2D eigenvalue weighted by Gasteiger charge is -2.21. The zero-order valence-corrected chi connectivity index (χ0v) is 13.7. The van der Waals surface area contributed by atoms with Crippen molar-refractivity contribution in [1.29, 1.82) is 0 Å². The molecule has 2 heterocycles. The lowest BCUT2D eigenvalue weighted by molar-refractivity contribution is -0.124. The summed E-state index contributed by atoms with van der Waals surface area (Å²) >= 11 is 5.87. The van der Waals surface area contributed by atoms with Crippen molar-refractivity contribution in [3.8, 4) is 0 Å². The van der Waals surface area contributed by atoms with Crippen molar-refractivity contribution >= 4 is 34.8 Å². The third kappa shape index (κ3) is 2.41. The summed E-state index contributed by atoms with van der Waals surface area (Å²) in [5, 5.41) is 4.48. The van der Waals surface area contributed by atoms with Gasteiger partial charge in [-0.3, -0.25) is 9.59 Å². The highest BCUT2D eigenvalue weighted by Gasteiger charge is 2.59. The summed E-state index contributed by atoms with van der Waals surface area (Å²) in [6.07, 6.45) is -0.0509. The van der Waals surface area contributed by atoms with Gasteiger partial charge in [-0.25, -0.2) is 9.29 Å². The molecule has 0 radical (unpaired) electrons. The van der Waals surface area contributed by atoms with E-state index in [1.807, 2.05) is 0 Å². The van der Waals surface area contributed by atoms with Crippen LogP contribution in [0.3, 0.4) is 0 Å². The van der Waals surface area contributed by atoms with Gasteiger partial charge in [-0.05, 0) is 36.4 Å². The van der Waals surface area contributed by atoms with Gasteiger partial charge in [0.2, 0.25) is 11.8 Å². The van der Waals surface area contributed by atoms with Gasteiger partial charge in [-0.15, -0.1) is 0 Å². The lowest BCUT2D eigenvalue weighted by Crippen LogP contribution is -2.41. The van der Waals surface area contributed by atoms with Crippen LogP contribution in [0.4, 0.5) is 10.1 Å². The van der Waals surface area contributed by atoms with Crippen LogP contribution >= 0.6 is 11.6 Å². The number of carbonyl (C=O) groups is 2. The van der Waals surface area contributed by atoms with E-state index in [-0.39, 0.29) is 18.9 Å². The molecule has 0 bridgehead atoms. The number of rotatable bonds is 2. The number of anilines is 1. The molecule has 1 fully saturated rings. The van der Waals surface area contributed by atoms with Crippen LogP contribution in [-0.4, -0.2) is 24.1 Å². The van der Waals surface area contributed by atoms with Gasteiger partial charge in [0.05, 0.1) is 12.1 Å². The molecule has 7 heteroatoms. The first kappa shape index (κ1) is 15.8. The fourth-order valence-electron chi connectivity index (χ4n) is 3.19. The van der Waals surface area contributed by atoms with Crippen molar-refractivity contribution in [2.75, 3.05) is 11.5 Å². The number of hydrogen-bond acceptors (Lipinski definition) is 4. The van der Waals surface area contributed by atoms with E-state index in [9.17, 15) is 14.0 Å². The second-order valence-electron chi connectivity index (χ2n) is 5.99. The van der Waals surface area contributed by atoms with Gasteiger partial charge in [0.15, 0.2) is 0 Å². The van der Waals surface area contributed by atoms with Crippen molar-refractivity contribution in [2.45, 2.75) is 6.42 Å². The van der Waals surface area contributed by atoms with Crippen molar-refractivity contribution in [3.63, 3.8) is 0 Å². The number of oxime groups is 1. The molecule has 1 spiro atoms. The van der Waals surface area contributed by atoms with E-state index in [0.717, 1.165) is 4.90 Å². The first-order valence-corrected chi connectivity index (χ1v) is 7.98. The quantitative estimate of drug-likeness (QED) is 0.775. The van der Waals surface area contributed by atoms with E-state index in [4.69, 9.17) is 16.4 Å². The Morgan fingerprint density at radius 1 is 1.08 bits per heavy atom. The zero-order valence-electron chi connectivity index (χ0n) is 12.9. The molecular weight excluding hydrogens is 347 g/mol. The standard InChI is InChI=1S/C18H12ClFN2O3/c19-12-3-7-14(8-4-12)22-15(23)9-18(17(22)24)10-25-21-16(18)11-1-5-13(20)6-2-11/h1-8H,9-10H2/t18-/m1/s1. The third-order valence-electron chi connectivity index (χ3n) is 4.44. The number of imide groups is 1. The Kier molecular flexibility index (Phi) is 3.58. The summed E-state index contributed by atoms with van der Waals surface area (Å²) in [5.74, 6) is -1.14. The molecule has 0 aromatic heterocycles. The molecule has 126 valence electrons. The maximum atomic E-state index is 13.2. The number of halogens is 2. The smallest absolute Gasteiger partial charge is 0.250 e. The molecule has 2 aromatic carbocycles. The molecule has 1 saturated heterocycles. The highest BCUT2D eigenvalue weighted by Crippen LogP contribution is 2.42. The Balaban J connectivity index is 1.74. The predicted molar refractivity (Wildman–Crippen MR) is 89.9 cm³/mol. The van der Waals surface area contributed by atoms with Gasteiger partial charge in [0.1, 0.15) is 23.6 Å².